The monoisotopic (exact) mass is 355 g/mol. The van der Waals surface area contributed by atoms with Crippen molar-refractivity contribution in [3.05, 3.63) is 58.3 Å². The van der Waals surface area contributed by atoms with Gasteiger partial charge >= 0.3 is 0 Å². The van der Waals surface area contributed by atoms with E-state index in [0.29, 0.717) is 18.9 Å². The molecule has 3 rings (SSSR count). The maximum absolute atomic E-state index is 10.9. The number of benzene rings is 2. The molecule has 0 bridgehead atoms. The zero-order valence-corrected chi connectivity index (χ0v) is 14.7. The fourth-order valence-electron chi connectivity index (χ4n) is 2.88. The van der Waals surface area contributed by atoms with Crippen LogP contribution >= 0.6 is 0 Å². The van der Waals surface area contributed by atoms with Gasteiger partial charge in [0.05, 0.1) is 30.4 Å². The quantitative estimate of drug-likeness (QED) is 0.468. The number of hydrogen-bond donors (Lipinski definition) is 2. The van der Waals surface area contributed by atoms with Gasteiger partial charge in [-0.05, 0) is 37.1 Å². The highest BCUT2D eigenvalue weighted by Crippen LogP contribution is 2.30. The topological polar surface area (TPSA) is 89.4 Å². The predicted molar refractivity (Wildman–Crippen MR) is 101 cm³/mol. The number of non-ortho nitro benzene ring substituents is 1. The number of nitro groups is 1. The molecule has 136 valence electrons. The number of ether oxygens (including phenoxy) is 2. The third-order valence-electron chi connectivity index (χ3n) is 4.16. The molecule has 0 atom stereocenters. The lowest BCUT2D eigenvalue weighted by atomic mass is 10.1. The van der Waals surface area contributed by atoms with Crippen LogP contribution in [0.15, 0.2) is 42.6 Å². The van der Waals surface area contributed by atoms with Gasteiger partial charge in [0.2, 0.25) is 0 Å². The summed E-state index contributed by atoms with van der Waals surface area (Å²) in [6.45, 7) is 2.97. The summed E-state index contributed by atoms with van der Waals surface area (Å²) in [5.41, 5.74) is 2.99. The molecule has 0 fully saturated rings. The van der Waals surface area contributed by atoms with E-state index in [0.717, 1.165) is 28.8 Å². The Kier molecular flexibility index (Phi) is 5.26. The van der Waals surface area contributed by atoms with Crippen molar-refractivity contribution in [2.24, 2.45) is 0 Å². The van der Waals surface area contributed by atoms with Crippen LogP contribution in [0, 0.1) is 10.1 Å². The molecule has 7 nitrogen and oxygen atoms in total. The average molecular weight is 355 g/mol. The van der Waals surface area contributed by atoms with Crippen molar-refractivity contribution in [1.82, 2.24) is 4.98 Å². The molecule has 1 heterocycles. The van der Waals surface area contributed by atoms with E-state index in [-0.39, 0.29) is 5.69 Å². The first-order valence-electron chi connectivity index (χ1n) is 8.41. The van der Waals surface area contributed by atoms with Gasteiger partial charge in [0.25, 0.3) is 5.69 Å². The number of H-pyrrole nitrogens is 1. The molecule has 1 aromatic heterocycles. The molecule has 26 heavy (non-hydrogen) atoms. The summed E-state index contributed by atoms with van der Waals surface area (Å²) in [6.07, 6.45) is 2.79. The van der Waals surface area contributed by atoms with E-state index in [9.17, 15) is 10.1 Å². The third kappa shape index (κ3) is 3.72. The molecular weight excluding hydrogens is 334 g/mol. The standard InChI is InChI=1S/C19H21N3O4/c1-3-26-19-10-14(22(23)24)4-7-17(19)20-9-8-13-12-21-18-11-15(25-2)5-6-16(13)18/h4-7,10-12,20-21H,3,8-9H2,1-2H3. The van der Waals surface area contributed by atoms with Crippen LogP contribution in [0.3, 0.4) is 0 Å². The smallest absolute Gasteiger partial charge is 0.273 e. The van der Waals surface area contributed by atoms with Gasteiger partial charge < -0.3 is 19.8 Å². The fourth-order valence-corrected chi connectivity index (χ4v) is 2.88. The highest BCUT2D eigenvalue weighted by molar-refractivity contribution is 5.84. The first kappa shape index (κ1) is 17.6. The first-order valence-corrected chi connectivity index (χ1v) is 8.41. The summed E-state index contributed by atoms with van der Waals surface area (Å²) in [6, 6.07) is 10.6. The fraction of sp³-hybridized carbons (Fsp3) is 0.263. The van der Waals surface area contributed by atoms with Crippen LogP contribution in [0.5, 0.6) is 11.5 Å². The molecule has 3 aromatic rings. The molecule has 0 aliphatic rings. The van der Waals surface area contributed by atoms with Gasteiger partial charge in [-0.3, -0.25) is 10.1 Å². The third-order valence-corrected chi connectivity index (χ3v) is 4.16. The second-order valence-corrected chi connectivity index (χ2v) is 5.77. The molecule has 0 saturated carbocycles. The van der Waals surface area contributed by atoms with Crippen LogP contribution in [0.1, 0.15) is 12.5 Å². The lowest BCUT2D eigenvalue weighted by Gasteiger charge is -2.12. The van der Waals surface area contributed by atoms with E-state index in [1.54, 1.807) is 13.2 Å². The maximum atomic E-state index is 10.9. The van der Waals surface area contributed by atoms with Crippen molar-refractivity contribution >= 4 is 22.3 Å². The van der Waals surface area contributed by atoms with E-state index in [1.165, 1.54) is 17.7 Å². The van der Waals surface area contributed by atoms with Gasteiger partial charge in [-0.2, -0.15) is 0 Å². The molecule has 7 heteroatoms. The summed E-state index contributed by atoms with van der Waals surface area (Å²) >= 11 is 0. The Hall–Kier alpha value is -3.22. The Morgan fingerprint density at radius 3 is 2.81 bits per heavy atom. The lowest BCUT2D eigenvalue weighted by Crippen LogP contribution is -2.07. The Balaban J connectivity index is 1.70. The van der Waals surface area contributed by atoms with Crippen molar-refractivity contribution in [2.45, 2.75) is 13.3 Å². The van der Waals surface area contributed by atoms with Crippen LogP contribution < -0.4 is 14.8 Å². The molecule has 0 aliphatic carbocycles. The van der Waals surface area contributed by atoms with E-state index in [2.05, 4.69) is 10.3 Å². The molecule has 0 spiro atoms. The number of aromatic nitrogens is 1. The minimum Gasteiger partial charge on any atom is -0.497 e. The number of hydrogen-bond acceptors (Lipinski definition) is 5. The van der Waals surface area contributed by atoms with Gasteiger partial charge in [-0.15, -0.1) is 0 Å². The molecule has 0 radical (unpaired) electrons. The van der Waals surface area contributed by atoms with Gasteiger partial charge in [0, 0.05) is 35.8 Å². The molecular formula is C19H21N3O4. The number of nitro benzene ring substituents is 1. The van der Waals surface area contributed by atoms with Crippen LogP contribution in [0.4, 0.5) is 11.4 Å². The number of anilines is 1. The van der Waals surface area contributed by atoms with Gasteiger partial charge in [-0.25, -0.2) is 0 Å². The van der Waals surface area contributed by atoms with Gasteiger partial charge in [-0.1, -0.05) is 0 Å². The summed E-state index contributed by atoms with van der Waals surface area (Å²) in [4.78, 5) is 13.8. The first-order chi connectivity index (χ1) is 12.6. The van der Waals surface area contributed by atoms with Crippen molar-refractivity contribution in [2.75, 3.05) is 25.6 Å². The van der Waals surface area contributed by atoms with E-state index in [1.807, 2.05) is 31.3 Å². The summed E-state index contributed by atoms with van der Waals surface area (Å²) in [5.74, 6) is 1.31. The number of aromatic amines is 1. The molecule has 2 aromatic carbocycles. The lowest BCUT2D eigenvalue weighted by molar-refractivity contribution is -0.384. The summed E-state index contributed by atoms with van der Waals surface area (Å²) < 4.78 is 10.8. The van der Waals surface area contributed by atoms with Gasteiger partial charge in [0.15, 0.2) is 0 Å². The second kappa shape index (κ2) is 7.77. The largest absolute Gasteiger partial charge is 0.497 e. The van der Waals surface area contributed by atoms with E-state index in [4.69, 9.17) is 9.47 Å². The number of fused-ring (bicyclic) bond motifs is 1. The Morgan fingerprint density at radius 1 is 1.23 bits per heavy atom. The minimum absolute atomic E-state index is 0.0181. The van der Waals surface area contributed by atoms with Crippen LogP contribution in [-0.4, -0.2) is 30.2 Å². The zero-order chi connectivity index (χ0) is 18.5. The summed E-state index contributed by atoms with van der Waals surface area (Å²) in [5, 5.41) is 15.4. The summed E-state index contributed by atoms with van der Waals surface area (Å²) in [7, 11) is 1.65. The molecule has 2 N–H and O–H groups in total. The minimum atomic E-state index is -0.424. The Labute approximate surface area is 151 Å². The van der Waals surface area contributed by atoms with Crippen LogP contribution in [0.25, 0.3) is 10.9 Å². The van der Waals surface area contributed by atoms with Crippen molar-refractivity contribution in [1.29, 1.82) is 0 Å². The highest BCUT2D eigenvalue weighted by Gasteiger charge is 2.12. The number of rotatable bonds is 8. The normalized spacial score (nSPS) is 10.7. The SMILES string of the molecule is CCOc1cc([N+](=O)[O-])ccc1NCCc1c[nH]c2cc(OC)ccc12. The Bertz CT molecular complexity index is 920. The molecule has 0 amide bonds. The van der Waals surface area contributed by atoms with Crippen molar-refractivity contribution < 1.29 is 14.4 Å². The number of methoxy groups -OCH3 is 1. The average Bonchev–Trinajstić information content (AvgIpc) is 3.05. The van der Waals surface area contributed by atoms with Crippen molar-refractivity contribution in [3.8, 4) is 11.5 Å². The van der Waals surface area contributed by atoms with Crippen LogP contribution in [0.2, 0.25) is 0 Å². The highest BCUT2D eigenvalue weighted by atomic mass is 16.6. The molecule has 0 saturated heterocycles. The van der Waals surface area contributed by atoms with E-state index >= 15 is 0 Å². The van der Waals surface area contributed by atoms with Crippen molar-refractivity contribution in [3.63, 3.8) is 0 Å². The maximum Gasteiger partial charge on any atom is 0.273 e. The van der Waals surface area contributed by atoms with Crippen LogP contribution in [-0.2, 0) is 6.42 Å². The predicted octanol–water partition coefficient (Wildman–Crippen LogP) is 4.14. The second-order valence-electron chi connectivity index (χ2n) is 5.77. The molecule has 0 aliphatic heterocycles. The molecule has 0 unspecified atom stereocenters. The Morgan fingerprint density at radius 2 is 2.08 bits per heavy atom. The number of nitrogens with zero attached hydrogens (tertiary/aromatic N) is 1. The zero-order valence-electron chi connectivity index (χ0n) is 14.7. The van der Waals surface area contributed by atoms with Gasteiger partial charge in [0.1, 0.15) is 11.5 Å². The van der Waals surface area contributed by atoms with E-state index < -0.39 is 4.92 Å². The number of nitrogens with one attached hydrogen (secondary N) is 2.